The van der Waals surface area contributed by atoms with Crippen LogP contribution in [-0.2, 0) is 4.79 Å². The van der Waals surface area contributed by atoms with Crippen molar-refractivity contribution in [3.8, 4) is 0 Å². The summed E-state index contributed by atoms with van der Waals surface area (Å²) in [6.07, 6.45) is 3.59. The fraction of sp³-hybridized carbons (Fsp3) is 0.444. The van der Waals surface area contributed by atoms with Crippen LogP contribution in [0.3, 0.4) is 0 Å². The summed E-state index contributed by atoms with van der Waals surface area (Å²) in [5, 5.41) is 14.2. The van der Waals surface area contributed by atoms with Crippen molar-refractivity contribution in [2.45, 2.75) is 6.42 Å². The Hall–Kier alpha value is -2.25. The highest BCUT2D eigenvalue weighted by Crippen LogP contribution is 2.05. The molecule has 0 unspecified atom stereocenters. The van der Waals surface area contributed by atoms with Crippen molar-refractivity contribution >= 4 is 17.4 Å². The predicted octanol–water partition coefficient (Wildman–Crippen LogP) is -0.591. The van der Waals surface area contributed by atoms with Crippen molar-refractivity contribution in [2.75, 3.05) is 26.0 Å². The van der Waals surface area contributed by atoms with Gasteiger partial charge in [-0.15, -0.1) is 5.10 Å². The first-order chi connectivity index (χ1) is 8.18. The molecule has 0 aliphatic heterocycles. The molecule has 0 fully saturated rings. The summed E-state index contributed by atoms with van der Waals surface area (Å²) in [6.45, 7) is 0.512. The summed E-state index contributed by atoms with van der Waals surface area (Å²) in [4.78, 5) is 16.9. The summed E-state index contributed by atoms with van der Waals surface area (Å²) in [5.41, 5.74) is 0.564. The number of hydrogen-bond acceptors (Lipinski definition) is 6. The van der Waals surface area contributed by atoms with Crippen molar-refractivity contribution in [1.82, 2.24) is 29.9 Å². The van der Waals surface area contributed by atoms with Gasteiger partial charge in [-0.25, -0.2) is 0 Å². The van der Waals surface area contributed by atoms with Crippen LogP contribution in [0.1, 0.15) is 6.42 Å². The number of hydrogen-bond donors (Lipinski definition) is 1. The van der Waals surface area contributed by atoms with Gasteiger partial charge in [-0.1, -0.05) is 0 Å². The number of fused-ring (bicyclic) bond motifs is 1. The highest BCUT2D eigenvalue weighted by molar-refractivity contribution is 5.76. The Morgan fingerprint density at radius 1 is 1.47 bits per heavy atom. The van der Waals surface area contributed by atoms with Gasteiger partial charge in [-0.3, -0.25) is 9.78 Å². The molecular weight excluding hydrogens is 222 g/mol. The first-order valence-corrected chi connectivity index (χ1v) is 5.14. The Balaban J connectivity index is 1.99. The molecule has 0 aliphatic rings. The lowest BCUT2D eigenvalue weighted by Crippen LogP contribution is -2.24. The van der Waals surface area contributed by atoms with Gasteiger partial charge in [0.1, 0.15) is 5.82 Å². The molecule has 2 heterocycles. The average molecular weight is 235 g/mol. The number of amides is 1. The fourth-order valence-electron chi connectivity index (χ4n) is 1.32. The molecule has 1 amide bonds. The minimum atomic E-state index is 0.0642. The number of nitrogens with zero attached hydrogens (tertiary/aromatic N) is 6. The third-order valence-corrected chi connectivity index (χ3v) is 2.25. The van der Waals surface area contributed by atoms with Gasteiger partial charge >= 0.3 is 0 Å². The van der Waals surface area contributed by atoms with Gasteiger partial charge in [0.15, 0.2) is 5.65 Å². The minimum absolute atomic E-state index is 0.0642. The molecule has 2 aromatic heterocycles. The lowest BCUT2D eigenvalue weighted by Gasteiger charge is -2.11. The zero-order chi connectivity index (χ0) is 12.3. The van der Waals surface area contributed by atoms with E-state index in [-0.39, 0.29) is 5.91 Å². The third-order valence-electron chi connectivity index (χ3n) is 2.25. The van der Waals surface area contributed by atoms with E-state index in [0.717, 1.165) is 0 Å². The second-order valence-electron chi connectivity index (χ2n) is 3.71. The zero-order valence-electron chi connectivity index (χ0n) is 9.66. The van der Waals surface area contributed by atoms with Crippen molar-refractivity contribution in [3.05, 3.63) is 12.4 Å². The number of anilines is 1. The van der Waals surface area contributed by atoms with Crippen molar-refractivity contribution in [3.63, 3.8) is 0 Å². The summed E-state index contributed by atoms with van der Waals surface area (Å²) >= 11 is 0. The van der Waals surface area contributed by atoms with Crippen LogP contribution < -0.4 is 5.32 Å². The van der Waals surface area contributed by atoms with Crippen LogP contribution in [0, 0.1) is 0 Å². The molecule has 8 nitrogen and oxygen atoms in total. The third kappa shape index (κ3) is 2.47. The SMILES string of the molecule is CN(C)C(=O)CCNc1cncc2nnnn12. The second kappa shape index (κ2) is 4.73. The fourth-order valence-corrected chi connectivity index (χ4v) is 1.32. The average Bonchev–Trinajstić information content (AvgIpc) is 2.77. The van der Waals surface area contributed by atoms with Crippen molar-refractivity contribution < 1.29 is 4.79 Å². The van der Waals surface area contributed by atoms with Gasteiger partial charge in [-0.05, 0) is 10.4 Å². The quantitative estimate of drug-likeness (QED) is 0.762. The van der Waals surface area contributed by atoms with Gasteiger partial charge < -0.3 is 10.2 Å². The topological polar surface area (TPSA) is 88.3 Å². The van der Waals surface area contributed by atoms with Crippen LogP contribution in [0.5, 0.6) is 0 Å². The summed E-state index contributed by atoms with van der Waals surface area (Å²) < 4.78 is 1.53. The Labute approximate surface area is 97.6 Å². The summed E-state index contributed by atoms with van der Waals surface area (Å²) in [6, 6.07) is 0. The number of tetrazole rings is 1. The maximum atomic E-state index is 11.4. The minimum Gasteiger partial charge on any atom is -0.368 e. The van der Waals surface area contributed by atoms with E-state index in [0.29, 0.717) is 24.4 Å². The number of rotatable bonds is 4. The second-order valence-corrected chi connectivity index (χ2v) is 3.71. The molecule has 0 saturated carbocycles. The van der Waals surface area contributed by atoms with E-state index >= 15 is 0 Å². The van der Waals surface area contributed by atoms with E-state index in [2.05, 4.69) is 25.8 Å². The Morgan fingerprint density at radius 2 is 2.29 bits per heavy atom. The highest BCUT2D eigenvalue weighted by Gasteiger charge is 2.06. The van der Waals surface area contributed by atoms with Crippen LogP contribution in [0.15, 0.2) is 12.4 Å². The molecule has 8 heteroatoms. The van der Waals surface area contributed by atoms with E-state index in [1.165, 1.54) is 4.52 Å². The Morgan fingerprint density at radius 3 is 3.06 bits per heavy atom. The number of aromatic nitrogens is 5. The van der Waals surface area contributed by atoms with E-state index in [1.807, 2.05) is 0 Å². The first-order valence-electron chi connectivity index (χ1n) is 5.14. The van der Waals surface area contributed by atoms with E-state index < -0.39 is 0 Å². The van der Waals surface area contributed by atoms with Crippen LogP contribution in [0.2, 0.25) is 0 Å². The molecule has 0 saturated heterocycles. The van der Waals surface area contributed by atoms with Gasteiger partial charge in [0.05, 0.1) is 12.4 Å². The van der Waals surface area contributed by atoms with Gasteiger partial charge in [0.2, 0.25) is 5.91 Å². The number of carbonyl (C=O) groups is 1. The maximum absolute atomic E-state index is 11.4. The van der Waals surface area contributed by atoms with Crippen LogP contribution >= 0.6 is 0 Å². The van der Waals surface area contributed by atoms with Crippen LogP contribution in [0.4, 0.5) is 5.82 Å². The monoisotopic (exact) mass is 235 g/mol. The van der Waals surface area contributed by atoms with E-state index in [4.69, 9.17) is 0 Å². The zero-order valence-corrected chi connectivity index (χ0v) is 9.66. The van der Waals surface area contributed by atoms with Crippen molar-refractivity contribution in [1.29, 1.82) is 0 Å². The van der Waals surface area contributed by atoms with E-state index in [1.54, 1.807) is 31.4 Å². The first kappa shape index (κ1) is 11.2. The lowest BCUT2D eigenvalue weighted by atomic mass is 10.4. The van der Waals surface area contributed by atoms with Gasteiger partial charge in [0.25, 0.3) is 0 Å². The molecule has 2 rings (SSSR count). The molecule has 0 atom stereocenters. The molecule has 17 heavy (non-hydrogen) atoms. The molecule has 0 radical (unpaired) electrons. The van der Waals surface area contributed by atoms with Crippen LogP contribution in [-0.4, -0.2) is 56.5 Å². The molecule has 90 valence electrons. The number of nitrogens with one attached hydrogen (secondary N) is 1. The normalized spacial score (nSPS) is 10.5. The standard InChI is InChI=1S/C9H13N7O/c1-15(2)9(17)3-4-11-7-5-10-6-8-12-13-14-16(7)8/h5-6,11H,3-4H2,1-2H3. The molecule has 0 bridgehead atoms. The van der Waals surface area contributed by atoms with Gasteiger partial charge in [-0.2, -0.15) is 4.52 Å². The Kier molecular flexibility index (Phi) is 3.12. The predicted molar refractivity (Wildman–Crippen MR) is 60.4 cm³/mol. The summed E-state index contributed by atoms with van der Waals surface area (Å²) in [7, 11) is 3.46. The largest absolute Gasteiger partial charge is 0.368 e. The Bertz CT molecular complexity index is 521. The molecule has 0 aromatic carbocycles. The summed E-state index contributed by atoms with van der Waals surface area (Å²) in [5.74, 6) is 0.730. The lowest BCUT2D eigenvalue weighted by molar-refractivity contribution is -0.128. The maximum Gasteiger partial charge on any atom is 0.223 e. The smallest absolute Gasteiger partial charge is 0.223 e. The highest BCUT2D eigenvalue weighted by atomic mass is 16.2. The number of carbonyl (C=O) groups excluding carboxylic acids is 1. The molecule has 2 aromatic rings. The van der Waals surface area contributed by atoms with E-state index in [9.17, 15) is 4.79 Å². The molecule has 0 spiro atoms. The molecule has 1 N–H and O–H groups in total. The van der Waals surface area contributed by atoms with Crippen LogP contribution in [0.25, 0.3) is 5.65 Å². The molecular formula is C9H13N7O. The van der Waals surface area contributed by atoms with Gasteiger partial charge in [0, 0.05) is 27.1 Å². The molecule has 0 aliphatic carbocycles. The van der Waals surface area contributed by atoms with Crippen molar-refractivity contribution in [2.24, 2.45) is 0 Å².